The third kappa shape index (κ3) is 1.97. The van der Waals surface area contributed by atoms with Crippen LogP contribution in [0.2, 0.25) is 0 Å². The maximum Gasteiger partial charge on any atom is 0.190 e. The Kier molecular flexibility index (Phi) is 2.97. The third-order valence-corrected chi connectivity index (χ3v) is 8.44. The lowest BCUT2D eigenvalue weighted by atomic mass is 9.83. The van der Waals surface area contributed by atoms with Crippen molar-refractivity contribution in [3.05, 3.63) is 28.9 Å². The van der Waals surface area contributed by atoms with Crippen LogP contribution in [0.5, 0.6) is 0 Å². The molecule has 0 unspecified atom stereocenters. The van der Waals surface area contributed by atoms with Gasteiger partial charge in [-0.25, -0.2) is 13.1 Å². The van der Waals surface area contributed by atoms with Crippen LogP contribution < -0.4 is 0 Å². The molecule has 0 aromatic carbocycles. The van der Waals surface area contributed by atoms with Crippen molar-refractivity contribution in [3.63, 3.8) is 0 Å². The van der Waals surface area contributed by atoms with E-state index in [0.717, 1.165) is 11.3 Å². The number of rotatable bonds is 2. The molecule has 1 aliphatic heterocycles. The Bertz CT molecular complexity index is 774. The summed E-state index contributed by atoms with van der Waals surface area (Å²) in [6.07, 6.45) is 6.24. The number of thiophene rings is 1. The first-order valence-corrected chi connectivity index (χ1v) is 9.73. The lowest BCUT2D eigenvalue weighted by molar-refractivity contribution is 0.410. The normalized spacial score (nSPS) is 28.0. The second-order valence-corrected chi connectivity index (χ2v) is 9.50. The highest BCUT2D eigenvalue weighted by atomic mass is 32.2. The molecular weight excluding hydrogens is 306 g/mol. The summed E-state index contributed by atoms with van der Waals surface area (Å²) in [5.74, 6) is 0.547. The van der Waals surface area contributed by atoms with Gasteiger partial charge in [0, 0.05) is 17.7 Å². The smallest absolute Gasteiger partial charge is 0.190 e. The van der Waals surface area contributed by atoms with E-state index in [1.807, 2.05) is 22.3 Å². The van der Waals surface area contributed by atoms with Gasteiger partial charge in [0.25, 0.3) is 0 Å². The molecule has 2 aromatic heterocycles. The summed E-state index contributed by atoms with van der Waals surface area (Å²) >= 11 is 1.31. The molecule has 0 spiro atoms. The van der Waals surface area contributed by atoms with E-state index >= 15 is 0 Å². The average molecular weight is 323 g/mol. The molecule has 3 heterocycles. The molecule has 112 valence electrons. The molecule has 0 radical (unpaired) electrons. The fourth-order valence-corrected chi connectivity index (χ4v) is 6.33. The Balaban J connectivity index is 1.74. The van der Waals surface area contributed by atoms with Gasteiger partial charge in [0.1, 0.15) is 4.21 Å². The Hall–Kier alpha value is -1.21. The number of aromatic nitrogens is 3. The molecule has 1 aliphatic carbocycles. The molecular formula is C14H17N3O2S2. The predicted octanol–water partition coefficient (Wildman–Crippen LogP) is 2.76. The van der Waals surface area contributed by atoms with Crippen LogP contribution in [0.15, 0.2) is 21.9 Å². The van der Waals surface area contributed by atoms with Crippen molar-refractivity contribution in [2.45, 2.75) is 54.0 Å². The second-order valence-electron chi connectivity index (χ2n) is 6.02. The van der Waals surface area contributed by atoms with Gasteiger partial charge in [-0.05, 0) is 37.6 Å². The minimum Gasteiger partial charge on any atom is -0.245 e. The van der Waals surface area contributed by atoms with E-state index in [9.17, 15) is 8.42 Å². The number of hydrogen-bond donors (Lipinski definition) is 0. The lowest BCUT2D eigenvalue weighted by Gasteiger charge is -2.27. The zero-order valence-electron chi connectivity index (χ0n) is 11.8. The second kappa shape index (κ2) is 4.64. The van der Waals surface area contributed by atoms with Crippen LogP contribution in [0.4, 0.5) is 0 Å². The predicted molar refractivity (Wildman–Crippen MR) is 80.3 cm³/mol. The lowest BCUT2D eigenvalue weighted by Crippen LogP contribution is -2.29. The fraction of sp³-hybridized carbons (Fsp3) is 0.571. The van der Waals surface area contributed by atoms with Gasteiger partial charge in [-0.2, -0.15) is 0 Å². The van der Waals surface area contributed by atoms with Gasteiger partial charge in [-0.1, -0.05) is 11.6 Å². The topological polar surface area (TPSA) is 64.8 Å². The molecule has 0 amide bonds. The highest BCUT2D eigenvalue weighted by molar-refractivity contribution is 7.94. The van der Waals surface area contributed by atoms with E-state index in [1.165, 1.54) is 30.6 Å². The molecule has 2 atom stereocenters. The highest BCUT2D eigenvalue weighted by Gasteiger charge is 2.38. The summed E-state index contributed by atoms with van der Waals surface area (Å²) in [7, 11) is -3.16. The van der Waals surface area contributed by atoms with E-state index in [4.69, 9.17) is 0 Å². The maximum atomic E-state index is 12.4. The number of hydrogen-bond acceptors (Lipinski definition) is 5. The average Bonchev–Trinajstić information content (AvgIpc) is 3.01. The Labute approximate surface area is 127 Å². The van der Waals surface area contributed by atoms with Crippen molar-refractivity contribution in [2.24, 2.45) is 0 Å². The summed E-state index contributed by atoms with van der Waals surface area (Å²) in [4.78, 5) is 0. The van der Waals surface area contributed by atoms with Crippen molar-refractivity contribution in [2.75, 3.05) is 0 Å². The van der Waals surface area contributed by atoms with E-state index in [1.54, 1.807) is 6.92 Å². The zero-order valence-corrected chi connectivity index (χ0v) is 13.4. The molecule has 0 N–H and O–H groups in total. The van der Waals surface area contributed by atoms with E-state index in [0.29, 0.717) is 16.5 Å². The molecule has 0 saturated heterocycles. The van der Waals surface area contributed by atoms with Gasteiger partial charge in [-0.15, -0.1) is 16.4 Å². The monoisotopic (exact) mass is 323 g/mol. The van der Waals surface area contributed by atoms with E-state index in [-0.39, 0.29) is 11.3 Å². The summed E-state index contributed by atoms with van der Waals surface area (Å²) in [6.45, 7) is 1.79. The standard InChI is InChI=1S/C14H17N3O2S2/c1-9-7-13(11-5-6-20-14(11)21(9,18)19)17-8-12(15-16-17)10-3-2-4-10/h5-6,8-10,13H,2-4,7H2,1H3/t9-,13-/m0/s1. The molecule has 4 rings (SSSR count). The van der Waals surface area contributed by atoms with Crippen molar-refractivity contribution >= 4 is 21.2 Å². The third-order valence-electron chi connectivity index (χ3n) is 4.73. The van der Waals surface area contributed by atoms with Crippen LogP contribution >= 0.6 is 11.3 Å². The number of fused-ring (bicyclic) bond motifs is 1. The van der Waals surface area contributed by atoms with Gasteiger partial charge in [-0.3, -0.25) is 0 Å². The van der Waals surface area contributed by atoms with Crippen molar-refractivity contribution < 1.29 is 8.42 Å². The van der Waals surface area contributed by atoms with Crippen LogP contribution in [0.3, 0.4) is 0 Å². The molecule has 0 bridgehead atoms. The summed E-state index contributed by atoms with van der Waals surface area (Å²) < 4.78 is 27.1. The van der Waals surface area contributed by atoms with Crippen LogP contribution in [-0.4, -0.2) is 28.7 Å². The van der Waals surface area contributed by atoms with Crippen molar-refractivity contribution in [3.8, 4) is 0 Å². The first kappa shape index (κ1) is 13.5. The Morgan fingerprint density at radius 1 is 1.38 bits per heavy atom. The molecule has 21 heavy (non-hydrogen) atoms. The quantitative estimate of drug-likeness (QED) is 0.852. The van der Waals surface area contributed by atoms with Gasteiger partial charge < -0.3 is 0 Å². The molecule has 2 aliphatic rings. The van der Waals surface area contributed by atoms with Crippen LogP contribution in [0.1, 0.15) is 55.8 Å². The Morgan fingerprint density at radius 2 is 2.19 bits per heavy atom. The molecule has 7 heteroatoms. The SMILES string of the molecule is C[C@H]1C[C@H](n2cc(C3CCC3)nn2)c2ccsc2S1(=O)=O. The van der Waals surface area contributed by atoms with Gasteiger partial charge >= 0.3 is 0 Å². The summed E-state index contributed by atoms with van der Waals surface area (Å²) in [5, 5.41) is 10.1. The highest BCUT2D eigenvalue weighted by Crippen LogP contribution is 2.42. The van der Waals surface area contributed by atoms with E-state index in [2.05, 4.69) is 10.3 Å². The maximum absolute atomic E-state index is 12.4. The fourth-order valence-electron chi connectivity index (χ4n) is 3.12. The zero-order chi connectivity index (χ0) is 14.6. The van der Waals surface area contributed by atoms with Crippen LogP contribution in [0, 0.1) is 0 Å². The van der Waals surface area contributed by atoms with Crippen LogP contribution in [0.25, 0.3) is 0 Å². The van der Waals surface area contributed by atoms with E-state index < -0.39 is 9.84 Å². The molecule has 1 saturated carbocycles. The van der Waals surface area contributed by atoms with Crippen molar-refractivity contribution in [1.29, 1.82) is 0 Å². The Morgan fingerprint density at radius 3 is 2.90 bits per heavy atom. The molecule has 2 aromatic rings. The molecule has 1 fully saturated rings. The minimum absolute atomic E-state index is 0.00824. The van der Waals surface area contributed by atoms with Gasteiger partial charge in [0.15, 0.2) is 9.84 Å². The first-order valence-electron chi connectivity index (χ1n) is 7.30. The van der Waals surface area contributed by atoms with Crippen LogP contribution in [-0.2, 0) is 9.84 Å². The largest absolute Gasteiger partial charge is 0.245 e. The van der Waals surface area contributed by atoms with Gasteiger partial charge in [0.05, 0.1) is 17.0 Å². The van der Waals surface area contributed by atoms with Gasteiger partial charge in [0.2, 0.25) is 0 Å². The number of nitrogens with zero attached hydrogens (tertiary/aromatic N) is 3. The summed E-state index contributed by atoms with van der Waals surface area (Å²) in [5.41, 5.74) is 1.93. The first-order chi connectivity index (χ1) is 10.1. The summed E-state index contributed by atoms with van der Waals surface area (Å²) in [6, 6.07) is 1.91. The molecule has 5 nitrogen and oxygen atoms in total. The number of sulfone groups is 1. The van der Waals surface area contributed by atoms with Crippen molar-refractivity contribution in [1.82, 2.24) is 15.0 Å². The minimum atomic E-state index is -3.16.